The smallest absolute Gasteiger partial charge is 0.221 e. The van der Waals surface area contributed by atoms with Crippen LogP contribution in [0, 0.1) is 0 Å². The lowest BCUT2D eigenvalue weighted by atomic mass is 9.99. The molecule has 1 amide bonds. The maximum atomic E-state index is 11.9. The van der Waals surface area contributed by atoms with Gasteiger partial charge < -0.3 is 14.6 Å². The SMILES string of the molecule is CSCCC(=O)NC1CCc2nnc(C3CCOCC3)n2CC1. The van der Waals surface area contributed by atoms with Gasteiger partial charge in [-0.05, 0) is 31.9 Å². The highest BCUT2D eigenvalue weighted by atomic mass is 32.2. The number of hydrogen-bond donors (Lipinski definition) is 1. The van der Waals surface area contributed by atoms with Crippen molar-refractivity contribution in [2.45, 2.75) is 57.0 Å². The Kier molecular flexibility index (Phi) is 5.94. The second kappa shape index (κ2) is 8.15. The standard InChI is InChI=1S/C16H26N4O2S/c1-23-11-7-15(21)17-13-2-3-14-18-19-16(20(14)8-4-13)12-5-9-22-10-6-12/h12-13H,2-11H2,1H3,(H,17,21). The van der Waals surface area contributed by atoms with Crippen molar-refractivity contribution in [1.29, 1.82) is 0 Å². The largest absolute Gasteiger partial charge is 0.381 e. The minimum Gasteiger partial charge on any atom is -0.381 e. The first kappa shape index (κ1) is 16.8. The summed E-state index contributed by atoms with van der Waals surface area (Å²) in [7, 11) is 0. The van der Waals surface area contributed by atoms with Crippen molar-refractivity contribution in [2.24, 2.45) is 0 Å². The Morgan fingerprint density at radius 3 is 2.91 bits per heavy atom. The van der Waals surface area contributed by atoms with Gasteiger partial charge in [0.15, 0.2) is 0 Å². The molecule has 1 unspecified atom stereocenters. The van der Waals surface area contributed by atoms with Gasteiger partial charge in [0.1, 0.15) is 11.6 Å². The summed E-state index contributed by atoms with van der Waals surface area (Å²) >= 11 is 1.71. The molecule has 7 heteroatoms. The van der Waals surface area contributed by atoms with E-state index in [2.05, 4.69) is 20.1 Å². The number of ether oxygens (including phenoxy) is 1. The predicted molar refractivity (Wildman–Crippen MR) is 90.7 cm³/mol. The molecule has 1 atom stereocenters. The molecule has 1 aromatic rings. The molecule has 1 aromatic heterocycles. The topological polar surface area (TPSA) is 69.0 Å². The van der Waals surface area contributed by atoms with Crippen LogP contribution in [-0.2, 0) is 22.5 Å². The molecule has 23 heavy (non-hydrogen) atoms. The molecule has 2 aliphatic heterocycles. The average molecular weight is 338 g/mol. The third kappa shape index (κ3) is 4.26. The quantitative estimate of drug-likeness (QED) is 0.886. The molecule has 3 heterocycles. The zero-order valence-corrected chi connectivity index (χ0v) is 14.6. The molecule has 1 fully saturated rings. The van der Waals surface area contributed by atoms with Gasteiger partial charge in [-0.2, -0.15) is 11.8 Å². The molecule has 0 spiro atoms. The first-order valence-electron chi connectivity index (χ1n) is 8.56. The minimum absolute atomic E-state index is 0.173. The van der Waals surface area contributed by atoms with Crippen LogP contribution in [0.2, 0.25) is 0 Å². The zero-order valence-electron chi connectivity index (χ0n) is 13.8. The molecule has 0 aromatic carbocycles. The highest BCUT2D eigenvalue weighted by Gasteiger charge is 2.26. The second-order valence-corrected chi connectivity index (χ2v) is 7.33. The summed E-state index contributed by atoms with van der Waals surface area (Å²) < 4.78 is 7.75. The third-order valence-corrected chi connectivity index (χ3v) is 5.37. The van der Waals surface area contributed by atoms with Crippen molar-refractivity contribution in [3.05, 3.63) is 11.6 Å². The predicted octanol–water partition coefficient (Wildman–Crippen LogP) is 1.75. The third-order valence-electron chi connectivity index (χ3n) is 4.76. The Morgan fingerprint density at radius 1 is 1.30 bits per heavy atom. The van der Waals surface area contributed by atoms with Crippen LogP contribution in [0.5, 0.6) is 0 Å². The van der Waals surface area contributed by atoms with Crippen molar-refractivity contribution in [1.82, 2.24) is 20.1 Å². The first-order valence-corrected chi connectivity index (χ1v) is 9.95. The lowest BCUT2D eigenvalue weighted by molar-refractivity contribution is -0.121. The summed E-state index contributed by atoms with van der Waals surface area (Å²) in [5.41, 5.74) is 0. The summed E-state index contributed by atoms with van der Waals surface area (Å²) in [6, 6.07) is 0.258. The zero-order chi connectivity index (χ0) is 16.1. The van der Waals surface area contributed by atoms with Gasteiger partial charge >= 0.3 is 0 Å². The second-order valence-electron chi connectivity index (χ2n) is 6.35. The number of nitrogens with zero attached hydrogens (tertiary/aromatic N) is 3. The molecule has 1 saturated heterocycles. The minimum atomic E-state index is 0.173. The van der Waals surface area contributed by atoms with E-state index in [0.717, 1.165) is 69.3 Å². The molecule has 2 aliphatic rings. The lowest BCUT2D eigenvalue weighted by Gasteiger charge is -2.22. The fraction of sp³-hybridized carbons (Fsp3) is 0.812. The van der Waals surface area contributed by atoms with Crippen molar-refractivity contribution >= 4 is 17.7 Å². The summed E-state index contributed by atoms with van der Waals surface area (Å²) in [6.07, 6.45) is 7.52. The van der Waals surface area contributed by atoms with E-state index in [-0.39, 0.29) is 11.9 Å². The Labute approximate surface area is 141 Å². The van der Waals surface area contributed by atoms with Gasteiger partial charge in [0, 0.05) is 50.3 Å². The monoisotopic (exact) mass is 338 g/mol. The lowest BCUT2D eigenvalue weighted by Crippen LogP contribution is -2.35. The number of fused-ring (bicyclic) bond motifs is 1. The maximum Gasteiger partial charge on any atom is 0.221 e. The van der Waals surface area contributed by atoms with Crippen LogP contribution >= 0.6 is 11.8 Å². The van der Waals surface area contributed by atoms with Crippen LogP contribution in [0.25, 0.3) is 0 Å². The number of rotatable bonds is 5. The number of nitrogens with one attached hydrogen (secondary N) is 1. The van der Waals surface area contributed by atoms with E-state index in [1.165, 1.54) is 0 Å². The van der Waals surface area contributed by atoms with Crippen molar-refractivity contribution in [3.63, 3.8) is 0 Å². The van der Waals surface area contributed by atoms with Gasteiger partial charge in [-0.1, -0.05) is 0 Å². The van der Waals surface area contributed by atoms with Crippen LogP contribution in [-0.4, -0.2) is 51.9 Å². The Morgan fingerprint density at radius 2 is 2.13 bits per heavy atom. The van der Waals surface area contributed by atoms with Gasteiger partial charge in [0.25, 0.3) is 0 Å². The van der Waals surface area contributed by atoms with Crippen LogP contribution < -0.4 is 5.32 Å². The van der Waals surface area contributed by atoms with E-state index < -0.39 is 0 Å². The number of aryl methyl sites for hydroxylation is 1. The highest BCUT2D eigenvalue weighted by Crippen LogP contribution is 2.27. The molecule has 1 N–H and O–H groups in total. The van der Waals surface area contributed by atoms with Crippen LogP contribution in [0.4, 0.5) is 0 Å². The van der Waals surface area contributed by atoms with Gasteiger partial charge in [0.05, 0.1) is 0 Å². The number of aromatic nitrogens is 3. The summed E-state index contributed by atoms with van der Waals surface area (Å²) in [5, 5.41) is 12.1. The molecule has 128 valence electrons. The molecule has 0 bridgehead atoms. The van der Waals surface area contributed by atoms with Gasteiger partial charge in [-0.3, -0.25) is 4.79 Å². The van der Waals surface area contributed by atoms with Crippen molar-refractivity contribution in [2.75, 3.05) is 25.2 Å². The number of carbonyl (C=O) groups is 1. The van der Waals surface area contributed by atoms with Crippen molar-refractivity contribution < 1.29 is 9.53 Å². The molecule has 3 rings (SSSR count). The van der Waals surface area contributed by atoms with E-state index in [0.29, 0.717) is 12.3 Å². The van der Waals surface area contributed by atoms with Crippen LogP contribution in [0.3, 0.4) is 0 Å². The number of thioether (sulfide) groups is 1. The Hall–Kier alpha value is -1.08. The van der Waals surface area contributed by atoms with Crippen molar-refractivity contribution in [3.8, 4) is 0 Å². The van der Waals surface area contributed by atoms with Crippen LogP contribution in [0.15, 0.2) is 0 Å². The Balaban J connectivity index is 1.59. The first-order chi connectivity index (χ1) is 11.3. The van der Waals surface area contributed by atoms with Crippen LogP contribution in [0.1, 0.15) is 49.7 Å². The maximum absolute atomic E-state index is 11.9. The highest BCUT2D eigenvalue weighted by molar-refractivity contribution is 7.98. The van der Waals surface area contributed by atoms with E-state index in [1.54, 1.807) is 11.8 Å². The summed E-state index contributed by atoms with van der Waals surface area (Å²) in [4.78, 5) is 11.9. The Bertz CT molecular complexity index is 528. The van der Waals surface area contributed by atoms with E-state index in [1.807, 2.05) is 6.26 Å². The summed E-state index contributed by atoms with van der Waals surface area (Å²) in [6.45, 7) is 2.55. The van der Waals surface area contributed by atoms with Gasteiger partial charge in [0.2, 0.25) is 5.91 Å². The normalized spacial score (nSPS) is 22.4. The number of amides is 1. The fourth-order valence-electron chi connectivity index (χ4n) is 3.41. The fourth-order valence-corrected chi connectivity index (χ4v) is 3.80. The number of carbonyl (C=O) groups excluding carboxylic acids is 1. The molecular weight excluding hydrogens is 312 g/mol. The molecule has 0 saturated carbocycles. The average Bonchev–Trinajstić information content (AvgIpc) is 2.89. The van der Waals surface area contributed by atoms with E-state index in [9.17, 15) is 4.79 Å². The molecule has 0 radical (unpaired) electrons. The molecular formula is C16H26N4O2S. The van der Waals surface area contributed by atoms with Gasteiger partial charge in [-0.15, -0.1) is 10.2 Å². The summed E-state index contributed by atoms with van der Waals surface area (Å²) in [5.74, 6) is 3.73. The van der Waals surface area contributed by atoms with E-state index >= 15 is 0 Å². The molecule has 0 aliphatic carbocycles. The van der Waals surface area contributed by atoms with Gasteiger partial charge in [-0.25, -0.2) is 0 Å². The number of hydrogen-bond acceptors (Lipinski definition) is 5. The molecule has 6 nitrogen and oxygen atoms in total. The van der Waals surface area contributed by atoms with E-state index in [4.69, 9.17) is 4.74 Å².